The Labute approximate surface area is 117 Å². The number of hydrogen-bond donors (Lipinski definition) is 1. The van der Waals surface area contributed by atoms with E-state index >= 15 is 0 Å². The Bertz CT molecular complexity index is 305. The Balaban J connectivity index is 1.34. The first-order valence-electron chi connectivity index (χ1n) is 8.63. The Morgan fingerprint density at radius 2 is 1.84 bits per heavy atom. The second-order valence-corrected chi connectivity index (χ2v) is 7.24. The van der Waals surface area contributed by atoms with Crippen LogP contribution in [0.25, 0.3) is 0 Å². The smallest absolute Gasteiger partial charge is 0.0239 e. The van der Waals surface area contributed by atoms with Gasteiger partial charge in [-0.25, -0.2) is 0 Å². The lowest BCUT2D eigenvalue weighted by molar-refractivity contribution is 0.154. The van der Waals surface area contributed by atoms with E-state index in [1.54, 1.807) is 0 Å². The first kappa shape index (κ1) is 12.6. The van der Waals surface area contributed by atoms with Gasteiger partial charge in [0.2, 0.25) is 0 Å². The topological polar surface area (TPSA) is 18.5 Å². The average Bonchev–Trinajstić information content (AvgIpc) is 3.36. The number of piperidine rings is 1. The van der Waals surface area contributed by atoms with Gasteiger partial charge in [-0.1, -0.05) is 6.42 Å². The molecule has 19 heavy (non-hydrogen) atoms. The lowest BCUT2D eigenvalue weighted by atomic mass is 10.0. The second-order valence-electron chi connectivity index (χ2n) is 7.24. The van der Waals surface area contributed by atoms with Gasteiger partial charge in [0.05, 0.1) is 0 Å². The van der Waals surface area contributed by atoms with Crippen molar-refractivity contribution in [2.75, 3.05) is 26.2 Å². The molecule has 1 N–H and O–H groups in total. The molecule has 0 aromatic rings. The number of rotatable bonds is 5. The zero-order chi connectivity index (χ0) is 12.7. The standard InChI is InChI=1S/C16H29N3/c1-2-9-17-13(3-1)11-19(15-6-7-15)16-8-10-18(12-16)14-4-5-14/h13-17H,1-12H2. The van der Waals surface area contributed by atoms with Crippen LogP contribution in [0, 0.1) is 0 Å². The van der Waals surface area contributed by atoms with Gasteiger partial charge in [0.1, 0.15) is 0 Å². The zero-order valence-electron chi connectivity index (χ0n) is 12.2. The largest absolute Gasteiger partial charge is 0.313 e. The number of nitrogens with one attached hydrogen (secondary N) is 1. The van der Waals surface area contributed by atoms with Gasteiger partial charge in [-0.2, -0.15) is 0 Å². The van der Waals surface area contributed by atoms with E-state index in [9.17, 15) is 0 Å². The molecule has 0 aromatic heterocycles. The summed E-state index contributed by atoms with van der Waals surface area (Å²) in [6, 6.07) is 3.56. The van der Waals surface area contributed by atoms with E-state index in [4.69, 9.17) is 0 Å². The van der Waals surface area contributed by atoms with Crippen molar-refractivity contribution in [3.05, 3.63) is 0 Å². The molecule has 0 radical (unpaired) electrons. The molecule has 108 valence electrons. The van der Waals surface area contributed by atoms with Crippen LogP contribution >= 0.6 is 0 Å². The predicted octanol–water partition coefficient (Wildman–Crippen LogP) is 1.83. The van der Waals surface area contributed by atoms with Crippen LogP contribution in [-0.2, 0) is 0 Å². The van der Waals surface area contributed by atoms with E-state index in [-0.39, 0.29) is 0 Å². The second kappa shape index (κ2) is 5.34. The van der Waals surface area contributed by atoms with Crippen LogP contribution in [-0.4, -0.2) is 60.1 Å². The van der Waals surface area contributed by atoms with Crippen LogP contribution in [0.3, 0.4) is 0 Å². The SMILES string of the molecule is C1CCC(CN(C2CC2)C2CCN(C3CC3)C2)NC1. The van der Waals surface area contributed by atoms with Crippen molar-refractivity contribution in [3.8, 4) is 0 Å². The Morgan fingerprint density at radius 3 is 2.53 bits per heavy atom. The van der Waals surface area contributed by atoms with Gasteiger partial charge in [0.25, 0.3) is 0 Å². The normalized spacial score (nSPS) is 37.1. The fraction of sp³-hybridized carbons (Fsp3) is 1.00. The van der Waals surface area contributed by atoms with Crippen molar-refractivity contribution >= 4 is 0 Å². The monoisotopic (exact) mass is 263 g/mol. The highest BCUT2D eigenvalue weighted by Gasteiger charge is 2.41. The summed E-state index contributed by atoms with van der Waals surface area (Å²) in [5, 5.41) is 3.75. The van der Waals surface area contributed by atoms with Crippen molar-refractivity contribution < 1.29 is 0 Å². The Morgan fingerprint density at radius 1 is 0.947 bits per heavy atom. The van der Waals surface area contributed by atoms with Gasteiger partial charge < -0.3 is 5.32 Å². The highest BCUT2D eigenvalue weighted by Crippen LogP contribution is 2.35. The summed E-state index contributed by atoms with van der Waals surface area (Å²) >= 11 is 0. The minimum atomic E-state index is 0.782. The fourth-order valence-corrected chi connectivity index (χ4v) is 4.15. The van der Waals surface area contributed by atoms with E-state index in [2.05, 4.69) is 15.1 Å². The van der Waals surface area contributed by atoms with Crippen LogP contribution in [0.4, 0.5) is 0 Å². The average molecular weight is 263 g/mol. The van der Waals surface area contributed by atoms with Gasteiger partial charge in [-0.15, -0.1) is 0 Å². The van der Waals surface area contributed by atoms with E-state index in [0.29, 0.717) is 0 Å². The van der Waals surface area contributed by atoms with Gasteiger partial charge in [-0.05, 0) is 51.5 Å². The van der Waals surface area contributed by atoms with E-state index in [1.165, 1.54) is 77.5 Å². The number of hydrogen-bond acceptors (Lipinski definition) is 3. The van der Waals surface area contributed by atoms with E-state index in [1.807, 2.05) is 0 Å². The van der Waals surface area contributed by atoms with Gasteiger partial charge in [0, 0.05) is 43.8 Å². The number of nitrogens with zero attached hydrogens (tertiary/aromatic N) is 2. The Hall–Kier alpha value is -0.120. The third-order valence-electron chi connectivity index (χ3n) is 5.59. The third-order valence-corrected chi connectivity index (χ3v) is 5.59. The van der Waals surface area contributed by atoms with Crippen molar-refractivity contribution in [2.24, 2.45) is 0 Å². The van der Waals surface area contributed by atoms with Crippen molar-refractivity contribution in [1.29, 1.82) is 0 Å². The summed E-state index contributed by atoms with van der Waals surface area (Å²) in [4.78, 5) is 5.67. The molecule has 0 amide bonds. The van der Waals surface area contributed by atoms with Crippen LogP contribution < -0.4 is 5.32 Å². The Kier molecular flexibility index (Phi) is 3.55. The van der Waals surface area contributed by atoms with Crippen molar-refractivity contribution in [2.45, 2.75) is 75.5 Å². The summed E-state index contributed by atoms with van der Waals surface area (Å²) in [6.07, 6.45) is 11.5. The highest BCUT2D eigenvalue weighted by molar-refractivity contribution is 4.98. The molecule has 2 aliphatic carbocycles. The maximum absolute atomic E-state index is 3.75. The van der Waals surface area contributed by atoms with Gasteiger partial charge >= 0.3 is 0 Å². The molecule has 3 nitrogen and oxygen atoms in total. The molecule has 4 fully saturated rings. The molecule has 3 heteroatoms. The molecule has 4 aliphatic rings. The summed E-state index contributed by atoms with van der Waals surface area (Å²) < 4.78 is 0. The number of likely N-dealkylation sites (tertiary alicyclic amines) is 1. The van der Waals surface area contributed by atoms with Crippen molar-refractivity contribution in [1.82, 2.24) is 15.1 Å². The van der Waals surface area contributed by atoms with Crippen LogP contribution in [0.15, 0.2) is 0 Å². The summed E-state index contributed by atoms with van der Waals surface area (Å²) in [5.74, 6) is 0. The molecule has 2 atom stereocenters. The zero-order valence-corrected chi connectivity index (χ0v) is 12.2. The van der Waals surface area contributed by atoms with Crippen LogP contribution in [0.1, 0.15) is 51.4 Å². The highest BCUT2D eigenvalue weighted by atomic mass is 15.3. The maximum Gasteiger partial charge on any atom is 0.0239 e. The molecule has 2 aliphatic heterocycles. The lowest BCUT2D eigenvalue weighted by Crippen LogP contribution is -2.49. The van der Waals surface area contributed by atoms with E-state index < -0.39 is 0 Å². The fourth-order valence-electron chi connectivity index (χ4n) is 4.15. The van der Waals surface area contributed by atoms with Crippen LogP contribution in [0.5, 0.6) is 0 Å². The molecule has 2 unspecified atom stereocenters. The predicted molar refractivity (Wildman–Crippen MR) is 78.4 cm³/mol. The summed E-state index contributed by atoms with van der Waals surface area (Å²) in [5.41, 5.74) is 0. The summed E-state index contributed by atoms with van der Waals surface area (Å²) in [7, 11) is 0. The minimum Gasteiger partial charge on any atom is -0.313 e. The van der Waals surface area contributed by atoms with E-state index in [0.717, 1.165) is 24.2 Å². The summed E-state index contributed by atoms with van der Waals surface area (Å²) in [6.45, 7) is 5.32. The molecule has 0 spiro atoms. The molecule has 2 saturated carbocycles. The van der Waals surface area contributed by atoms with Crippen molar-refractivity contribution in [3.63, 3.8) is 0 Å². The molecule has 0 aromatic carbocycles. The lowest BCUT2D eigenvalue weighted by Gasteiger charge is -2.34. The molecule has 0 bridgehead atoms. The molecular weight excluding hydrogens is 234 g/mol. The quantitative estimate of drug-likeness (QED) is 0.816. The first-order chi connectivity index (χ1) is 9.40. The molecular formula is C16H29N3. The van der Waals surface area contributed by atoms with Gasteiger partial charge in [-0.3, -0.25) is 9.80 Å². The van der Waals surface area contributed by atoms with Crippen LogP contribution in [0.2, 0.25) is 0 Å². The molecule has 2 heterocycles. The maximum atomic E-state index is 3.75. The third kappa shape index (κ3) is 2.98. The minimum absolute atomic E-state index is 0.782. The molecule has 2 saturated heterocycles. The van der Waals surface area contributed by atoms with Gasteiger partial charge in [0.15, 0.2) is 0 Å². The molecule has 4 rings (SSSR count). The first-order valence-corrected chi connectivity index (χ1v) is 8.63.